The summed E-state index contributed by atoms with van der Waals surface area (Å²) in [7, 11) is 0. The van der Waals surface area contributed by atoms with Gasteiger partial charge < -0.3 is 20.3 Å². The van der Waals surface area contributed by atoms with Crippen LogP contribution < -0.4 is 10.1 Å². The molecular formula is C25H29Cl2NO5. The minimum atomic E-state index is -1.11. The molecule has 2 aromatic rings. The number of hydrogen-bond acceptors (Lipinski definition) is 4. The van der Waals surface area contributed by atoms with Crippen molar-refractivity contribution in [1.82, 2.24) is 5.32 Å². The van der Waals surface area contributed by atoms with Crippen LogP contribution in [0.5, 0.6) is 5.75 Å². The summed E-state index contributed by atoms with van der Waals surface area (Å²) in [6, 6.07) is 11.2. The molecular weight excluding hydrogens is 465 g/mol. The van der Waals surface area contributed by atoms with Crippen LogP contribution in [0.4, 0.5) is 0 Å². The van der Waals surface area contributed by atoms with Crippen LogP contribution in [-0.4, -0.2) is 33.7 Å². The highest BCUT2D eigenvalue weighted by Gasteiger charge is 2.53. The second-order valence-corrected chi connectivity index (χ2v) is 10.1. The number of amides is 1. The molecule has 33 heavy (non-hydrogen) atoms. The van der Waals surface area contributed by atoms with E-state index in [9.17, 15) is 19.8 Å². The molecule has 2 aromatic carbocycles. The molecule has 0 spiro atoms. The average molecular weight is 494 g/mol. The lowest BCUT2D eigenvalue weighted by molar-refractivity contribution is -0.144. The molecule has 3 N–H and O–H groups in total. The van der Waals surface area contributed by atoms with Crippen LogP contribution in [0.25, 0.3) is 0 Å². The van der Waals surface area contributed by atoms with Crippen molar-refractivity contribution in [3.05, 3.63) is 63.6 Å². The normalized spacial score (nSPS) is 22.5. The van der Waals surface area contributed by atoms with Crippen molar-refractivity contribution in [2.24, 2.45) is 11.3 Å². The molecule has 6 nitrogen and oxygen atoms in total. The monoisotopic (exact) mass is 493 g/mol. The first-order valence-electron chi connectivity index (χ1n) is 10.8. The summed E-state index contributed by atoms with van der Waals surface area (Å²) in [5.74, 6) is -1.33. The number of ether oxygens (including phenoxy) is 1. The third kappa shape index (κ3) is 5.62. The molecule has 0 saturated heterocycles. The average Bonchev–Trinajstić information content (AvgIpc) is 2.95. The van der Waals surface area contributed by atoms with Crippen molar-refractivity contribution in [3.8, 4) is 5.75 Å². The molecule has 0 aliphatic heterocycles. The molecule has 0 bridgehead atoms. The van der Waals surface area contributed by atoms with Crippen molar-refractivity contribution in [2.75, 3.05) is 0 Å². The lowest BCUT2D eigenvalue weighted by Crippen LogP contribution is -2.50. The summed E-state index contributed by atoms with van der Waals surface area (Å²) in [4.78, 5) is 24.7. The van der Waals surface area contributed by atoms with Crippen LogP contribution in [0.15, 0.2) is 42.5 Å². The van der Waals surface area contributed by atoms with Gasteiger partial charge in [-0.1, -0.05) is 55.2 Å². The predicted molar refractivity (Wildman–Crippen MR) is 128 cm³/mol. The third-order valence-electron chi connectivity index (χ3n) is 6.92. The number of benzene rings is 2. The number of carboxylic acid groups (broad SMARTS) is 1. The van der Waals surface area contributed by atoms with Crippen LogP contribution in [0.3, 0.4) is 0 Å². The summed E-state index contributed by atoms with van der Waals surface area (Å²) < 4.78 is 5.76. The molecule has 3 rings (SSSR count). The molecule has 0 aromatic heterocycles. The van der Waals surface area contributed by atoms with Gasteiger partial charge in [-0.2, -0.15) is 0 Å². The quantitative estimate of drug-likeness (QED) is 0.487. The van der Waals surface area contributed by atoms with Gasteiger partial charge in [-0.05, 0) is 49.6 Å². The Bertz CT molecular complexity index is 1000. The smallest absolute Gasteiger partial charge is 0.326 e. The SMILES string of the molecule is CC1(O)CCC(C(=O)N[C@@H](Cc2ccc(OCc3c(Cl)cccc3Cl)cc2)C(=O)O)C1(C)C. The van der Waals surface area contributed by atoms with E-state index in [1.807, 2.05) is 13.8 Å². The summed E-state index contributed by atoms with van der Waals surface area (Å²) in [5.41, 5.74) is -0.197. The van der Waals surface area contributed by atoms with E-state index < -0.39 is 28.9 Å². The van der Waals surface area contributed by atoms with Crippen LogP contribution in [-0.2, 0) is 22.6 Å². The van der Waals surface area contributed by atoms with E-state index in [0.717, 1.165) is 5.56 Å². The van der Waals surface area contributed by atoms with E-state index in [1.165, 1.54) is 0 Å². The van der Waals surface area contributed by atoms with E-state index in [2.05, 4.69) is 5.32 Å². The van der Waals surface area contributed by atoms with Crippen molar-refractivity contribution in [3.63, 3.8) is 0 Å². The van der Waals surface area contributed by atoms with Crippen molar-refractivity contribution >= 4 is 35.1 Å². The zero-order valence-electron chi connectivity index (χ0n) is 18.9. The van der Waals surface area contributed by atoms with Gasteiger partial charge in [0, 0.05) is 33.4 Å². The fourth-order valence-corrected chi connectivity index (χ4v) is 4.70. The summed E-state index contributed by atoms with van der Waals surface area (Å²) >= 11 is 12.3. The lowest BCUT2D eigenvalue weighted by Gasteiger charge is -2.37. The van der Waals surface area contributed by atoms with Gasteiger partial charge in [-0.15, -0.1) is 0 Å². The summed E-state index contributed by atoms with van der Waals surface area (Å²) in [6.07, 6.45) is 1.14. The van der Waals surface area contributed by atoms with Gasteiger partial charge in [0.15, 0.2) is 0 Å². The van der Waals surface area contributed by atoms with Gasteiger partial charge in [0.25, 0.3) is 0 Å². The largest absolute Gasteiger partial charge is 0.489 e. The molecule has 1 fully saturated rings. The Kier molecular flexibility index (Phi) is 7.62. The molecule has 3 atom stereocenters. The van der Waals surface area contributed by atoms with Gasteiger partial charge >= 0.3 is 5.97 Å². The van der Waals surface area contributed by atoms with E-state index in [4.69, 9.17) is 27.9 Å². The number of carboxylic acids is 1. The van der Waals surface area contributed by atoms with Crippen LogP contribution in [0.2, 0.25) is 10.0 Å². The summed E-state index contributed by atoms with van der Waals surface area (Å²) in [6.45, 7) is 5.61. The zero-order chi connectivity index (χ0) is 24.4. The second kappa shape index (κ2) is 9.92. The lowest BCUT2D eigenvalue weighted by atomic mass is 9.73. The highest BCUT2D eigenvalue weighted by atomic mass is 35.5. The van der Waals surface area contributed by atoms with E-state index in [-0.39, 0.29) is 18.9 Å². The van der Waals surface area contributed by atoms with Crippen LogP contribution >= 0.6 is 23.2 Å². The molecule has 0 radical (unpaired) electrons. The molecule has 1 amide bonds. The van der Waals surface area contributed by atoms with Gasteiger partial charge in [-0.25, -0.2) is 4.79 Å². The van der Waals surface area contributed by atoms with Gasteiger partial charge in [0.05, 0.1) is 5.60 Å². The first kappa shape index (κ1) is 25.3. The number of carbonyl (C=O) groups is 2. The molecule has 0 heterocycles. The molecule has 8 heteroatoms. The first-order chi connectivity index (χ1) is 15.4. The highest BCUT2D eigenvalue weighted by Crippen LogP contribution is 2.50. The van der Waals surface area contributed by atoms with E-state index in [1.54, 1.807) is 49.4 Å². The van der Waals surface area contributed by atoms with E-state index >= 15 is 0 Å². The van der Waals surface area contributed by atoms with Crippen molar-refractivity contribution in [1.29, 1.82) is 0 Å². The van der Waals surface area contributed by atoms with Crippen LogP contribution in [0.1, 0.15) is 44.7 Å². The topological polar surface area (TPSA) is 95.9 Å². The number of hydrogen-bond donors (Lipinski definition) is 3. The number of rotatable bonds is 8. The van der Waals surface area contributed by atoms with Crippen molar-refractivity contribution < 1.29 is 24.5 Å². The highest BCUT2D eigenvalue weighted by molar-refractivity contribution is 6.35. The maximum Gasteiger partial charge on any atom is 0.326 e. The predicted octanol–water partition coefficient (Wildman–Crippen LogP) is 4.87. The Balaban J connectivity index is 1.62. The zero-order valence-corrected chi connectivity index (χ0v) is 20.4. The molecule has 178 valence electrons. The molecule has 1 saturated carbocycles. The Morgan fingerprint density at radius 3 is 2.24 bits per heavy atom. The standard InChI is InChI=1S/C25H29Cl2NO5/c1-24(2)18(11-12-25(24,3)32)22(29)28-21(23(30)31)13-15-7-9-16(10-8-15)33-14-17-19(26)5-4-6-20(17)27/h4-10,18,21,32H,11-14H2,1-3H3,(H,28,29)(H,30,31)/t18?,21-,25?/m0/s1. The number of carbonyl (C=O) groups excluding carboxylic acids is 1. The molecule has 2 unspecified atom stereocenters. The minimum absolute atomic E-state index is 0.126. The fourth-order valence-electron chi connectivity index (χ4n) is 4.20. The van der Waals surface area contributed by atoms with Crippen molar-refractivity contribution in [2.45, 2.75) is 58.3 Å². The molecule has 1 aliphatic rings. The second-order valence-electron chi connectivity index (χ2n) is 9.32. The fraction of sp³-hybridized carbons (Fsp3) is 0.440. The van der Waals surface area contributed by atoms with Gasteiger partial charge in [0.2, 0.25) is 5.91 Å². The minimum Gasteiger partial charge on any atom is -0.489 e. The van der Waals surface area contributed by atoms with E-state index in [0.29, 0.717) is 34.2 Å². The number of nitrogens with one attached hydrogen (secondary N) is 1. The third-order valence-corrected chi connectivity index (χ3v) is 7.63. The Hall–Kier alpha value is -2.28. The Morgan fingerprint density at radius 2 is 1.73 bits per heavy atom. The number of aliphatic hydroxyl groups is 1. The summed E-state index contributed by atoms with van der Waals surface area (Å²) in [5, 5.41) is 23.9. The first-order valence-corrected chi connectivity index (χ1v) is 11.6. The van der Waals surface area contributed by atoms with Gasteiger partial charge in [0.1, 0.15) is 18.4 Å². The molecule has 1 aliphatic carbocycles. The number of halogens is 2. The Morgan fingerprint density at radius 1 is 1.12 bits per heavy atom. The Labute approximate surface area is 203 Å². The van der Waals surface area contributed by atoms with Gasteiger partial charge in [-0.3, -0.25) is 4.79 Å². The maximum absolute atomic E-state index is 12.9. The maximum atomic E-state index is 12.9. The number of aliphatic carboxylic acids is 1. The van der Waals surface area contributed by atoms with Crippen LogP contribution in [0, 0.1) is 11.3 Å².